The van der Waals surface area contributed by atoms with Crippen LogP contribution in [0.15, 0.2) is 121 Å². The minimum absolute atomic E-state index is 0.0721. The minimum atomic E-state index is -0.114. The summed E-state index contributed by atoms with van der Waals surface area (Å²) < 4.78 is 7.10. The normalized spacial score (nSPS) is 14.9. The third kappa shape index (κ3) is 4.78. The molecule has 7 aromatic rings. The fraction of sp³-hybridized carbons (Fsp3) is 0.192. The molecule has 4 heteroatoms. The number of hydrogen-bond acceptors (Lipinski definition) is 4. The number of aromatic hydroxyl groups is 2. The van der Waals surface area contributed by atoms with E-state index in [0.29, 0.717) is 5.56 Å². The number of benzene rings is 7. The lowest BCUT2D eigenvalue weighted by molar-refractivity contribution is 0.435. The van der Waals surface area contributed by atoms with Gasteiger partial charge in [-0.05, 0) is 141 Å². The van der Waals surface area contributed by atoms with E-state index in [-0.39, 0.29) is 28.9 Å². The van der Waals surface area contributed by atoms with Crippen LogP contribution in [0, 0.1) is 20.8 Å². The number of phenols is 2. The Kier molecular flexibility index (Phi) is 7.26. The maximum Gasteiger partial charge on any atom is 0.152 e. The van der Waals surface area contributed by atoms with Gasteiger partial charge in [0, 0.05) is 10.8 Å². The number of rotatable bonds is 4. The average molecular weight is 732 g/mol. The Labute approximate surface area is 329 Å². The molecule has 0 fully saturated rings. The number of aryl methyl sites for hydroxylation is 3. The van der Waals surface area contributed by atoms with Crippen molar-refractivity contribution in [1.82, 2.24) is 0 Å². The van der Waals surface area contributed by atoms with Crippen molar-refractivity contribution >= 4 is 11.4 Å². The van der Waals surface area contributed by atoms with E-state index >= 15 is 0 Å². The number of phenolic OH excluding ortho intramolecular Hbond substituents is 2. The molecule has 0 aromatic heterocycles. The zero-order valence-corrected chi connectivity index (χ0v) is 33.0. The van der Waals surface area contributed by atoms with E-state index in [2.05, 4.69) is 156 Å². The highest BCUT2D eigenvalue weighted by Gasteiger charge is 2.39. The third-order valence-electron chi connectivity index (χ3n) is 12.8. The Bertz CT molecular complexity index is 2640. The van der Waals surface area contributed by atoms with Crippen molar-refractivity contribution in [3.8, 4) is 67.5 Å². The van der Waals surface area contributed by atoms with Crippen LogP contribution in [0.4, 0.5) is 11.4 Å². The molecule has 276 valence electrons. The van der Waals surface area contributed by atoms with Gasteiger partial charge in [0.25, 0.3) is 0 Å². The molecule has 0 saturated carbocycles. The first-order valence-electron chi connectivity index (χ1n) is 19.6. The maximum absolute atomic E-state index is 11.2. The Morgan fingerprint density at radius 3 is 1.38 bits per heavy atom. The molecule has 0 bridgehead atoms. The zero-order chi connectivity index (χ0) is 38.8. The maximum atomic E-state index is 11.2. The molecule has 10 rings (SSSR count). The lowest BCUT2D eigenvalue weighted by Crippen LogP contribution is -2.23. The van der Waals surface area contributed by atoms with Gasteiger partial charge in [-0.3, -0.25) is 0 Å². The molecule has 1 heterocycles. The predicted octanol–water partition coefficient (Wildman–Crippen LogP) is 13.4. The second-order valence-corrected chi connectivity index (χ2v) is 17.0. The van der Waals surface area contributed by atoms with Crippen molar-refractivity contribution in [3.05, 3.63) is 166 Å². The van der Waals surface area contributed by atoms with Crippen LogP contribution in [0.25, 0.3) is 44.5 Å². The molecule has 7 aromatic carbocycles. The first-order chi connectivity index (χ1) is 26.8. The molecule has 2 N–H and O–H groups in total. The van der Waals surface area contributed by atoms with Crippen LogP contribution < -0.4 is 9.64 Å². The third-order valence-corrected chi connectivity index (χ3v) is 12.8. The number of hydrogen-bond donors (Lipinski definition) is 2. The highest BCUT2D eigenvalue weighted by molar-refractivity contribution is 5.97. The number of nitrogens with zero attached hydrogens (tertiary/aromatic N) is 1. The van der Waals surface area contributed by atoms with Crippen molar-refractivity contribution in [2.75, 3.05) is 4.90 Å². The second kappa shape index (κ2) is 11.9. The molecule has 1 aliphatic heterocycles. The summed E-state index contributed by atoms with van der Waals surface area (Å²) in [5, 5.41) is 22.5. The van der Waals surface area contributed by atoms with Crippen LogP contribution in [0.5, 0.6) is 23.0 Å². The highest BCUT2D eigenvalue weighted by atomic mass is 16.5. The van der Waals surface area contributed by atoms with Crippen LogP contribution in [0.3, 0.4) is 0 Å². The smallest absolute Gasteiger partial charge is 0.152 e. The zero-order valence-electron chi connectivity index (χ0n) is 33.0. The molecule has 0 atom stereocenters. The summed E-state index contributed by atoms with van der Waals surface area (Å²) in [6, 6.07) is 43.2. The van der Waals surface area contributed by atoms with Gasteiger partial charge in [-0.1, -0.05) is 113 Å². The monoisotopic (exact) mass is 731 g/mol. The van der Waals surface area contributed by atoms with Crippen molar-refractivity contribution < 1.29 is 14.9 Å². The molecule has 4 nitrogen and oxygen atoms in total. The molecule has 56 heavy (non-hydrogen) atoms. The molecule has 0 unspecified atom stereocenters. The van der Waals surface area contributed by atoms with E-state index in [1.165, 1.54) is 55.6 Å². The number of ether oxygens (including phenoxy) is 1. The second-order valence-electron chi connectivity index (χ2n) is 17.0. The van der Waals surface area contributed by atoms with E-state index in [1.807, 2.05) is 6.92 Å². The SMILES string of the molecule is Cc1cc(O)c(CN2c3c(C)cc(-c4cccc5c4-c4ccccc4C5(C)C)cc3Oc3cc(-c4cccc5c4-c4ccccc4C5(C)C)cc(C)c32)c(O)c1. The van der Waals surface area contributed by atoms with Crippen LogP contribution in [-0.4, -0.2) is 10.2 Å². The lowest BCUT2D eigenvalue weighted by Gasteiger charge is -2.36. The van der Waals surface area contributed by atoms with Gasteiger partial charge in [0.1, 0.15) is 11.5 Å². The summed E-state index contributed by atoms with van der Waals surface area (Å²) >= 11 is 0. The lowest BCUT2D eigenvalue weighted by atomic mass is 9.82. The summed E-state index contributed by atoms with van der Waals surface area (Å²) in [4.78, 5) is 2.22. The van der Waals surface area contributed by atoms with Gasteiger partial charge in [-0.2, -0.15) is 0 Å². The quantitative estimate of drug-likeness (QED) is 0.189. The predicted molar refractivity (Wildman–Crippen MR) is 229 cm³/mol. The van der Waals surface area contributed by atoms with Gasteiger partial charge in [0.05, 0.1) is 23.5 Å². The summed E-state index contributed by atoms with van der Waals surface area (Å²) in [6.45, 7) is 15.7. The molecular weight excluding hydrogens is 687 g/mol. The summed E-state index contributed by atoms with van der Waals surface area (Å²) in [5.41, 5.74) is 19.9. The van der Waals surface area contributed by atoms with E-state index in [4.69, 9.17) is 4.74 Å². The number of fused-ring (bicyclic) bond motifs is 8. The summed E-state index contributed by atoms with van der Waals surface area (Å²) in [6.07, 6.45) is 0. The van der Waals surface area contributed by atoms with Crippen molar-refractivity contribution in [2.24, 2.45) is 0 Å². The average Bonchev–Trinajstić information content (AvgIpc) is 3.55. The van der Waals surface area contributed by atoms with Crippen LogP contribution in [0.2, 0.25) is 0 Å². The molecule has 3 aliphatic rings. The molecule has 0 amide bonds. The van der Waals surface area contributed by atoms with Gasteiger partial charge in [-0.25, -0.2) is 0 Å². The highest BCUT2D eigenvalue weighted by Crippen LogP contribution is 2.57. The molecule has 0 radical (unpaired) electrons. The first kappa shape index (κ1) is 34.2. The Balaban J connectivity index is 1.18. The Hall–Kier alpha value is -6.26. The van der Waals surface area contributed by atoms with Gasteiger partial charge >= 0.3 is 0 Å². The largest absolute Gasteiger partial charge is 0.507 e. The first-order valence-corrected chi connectivity index (χ1v) is 19.6. The van der Waals surface area contributed by atoms with Crippen molar-refractivity contribution in [3.63, 3.8) is 0 Å². The fourth-order valence-corrected chi connectivity index (χ4v) is 10.1. The molecular formula is C52H45NO3. The van der Waals surface area contributed by atoms with E-state index in [9.17, 15) is 10.2 Å². The summed E-state index contributed by atoms with van der Waals surface area (Å²) in [5.74, 6) is 1.62. The van der Waals surface area contributed by atoms with Crippen molar-refractivity contribution in [1.29, 1.82) is 0 Å². The molecule has 0 saturated heterocycles. The van der Waals surface area contributed by atoms with Gasteiger partial charge < -0.3 is 19.8 Å². The molecule has 0 spiro atoms. The van der Waals surface area contributed by atoms with E-state index < -0.39 is 0 Å². The topological polar surface area (TPSA) is 52.9 Å². The van der Waals surface area contributed by atoms with Gasteiger partial charge in [0.2, 0.25) is 0 Å². The fourth-order valence-electron chi connectivity index (χ4n) is 10.1. The van der Waals surface area contributed by atoms with E-state index in [0.717, 1.165) is 50.7 Å². The van der Waals surface area contributed by atoms with Crippen LogP contribution >= 0.6 is 0 Å². The van der Waals surface area contributed by atoms with Crippen molar-refractivity contribution in [2.45, 2.75) is 65.8 Å². The van der Waals surface area contributed by atoms with Crippen LogP contribution in [-0.2, 0) is 17.4 Å². The van der Waals surface area contributed by atoms with E-state index in [1.54, 1.807) is 12.1 Å². The minimum Gasteiger partial charge on any atom is -0.507 e. The standard InChI is InChI=1S/C52H45NO3/c1-29-22-43(54)38(44(55)23-29)28-53-49-30(2)24-32(34-16-12-20-41-47(34)36-14-8-10-18-39(36)51(41,4)5)26-45(49)56-46-27-33(25-31(3)50(46)53)35-17-13-21-42-48(35)37-15-9-11-19-40(37)52(42,6)7/h8-27,54-55H,28H2,1-7H3. The van der Waals surface area contributed by atoms with Gasteiger partial charge in [-0.15, -0.1) is 0 Å². The molecule has 2 aliphatic carbocycles. The summed E-state index contributed by atoms with van der Waals surface area (Å²) in [7, 11) is 0. The Morgan fingerprint density at radius 2 is 0.911 bits per heavy atom. The number of anilines is 2. The van der Waals surface area contributed by atoms with Gasteiger partial charge in [0.15, 0.2) is 11.5 Å². The van der Waals surface area contributed by atoms with Crippen LogP contribution in [0.1, 0.15) is 72.2 Å². The Morgan fingerprint density at radius 1 is 0.500 bits per heavy atom.